The Morgan fingerprint density at radius 1 is 0.939 bits per heavy atom. The van der Waals surface area contributed by atoms with Crippen molar-refractivity contribution >= 4 is 62.1 Å². The van der Waals surface area contributed by atoms with E-state index in [9.17, 15) is 0 Å². The number of hydrogen-bond acceptors (Lipinski definition) is 5. The topological polar surface area (TPSA) is 63.4 Å². The quantitative estimate of drug-likeness (QED) is 0.160. The van der Waals surface area contributed by atoms with Crippen LogP contribution >= 0.6 is 23.2 Å². The number of hydrogen-bond donors (Lipinski definition) is 2. The van der Waals surface area contributed by atoms with E-state index in [0.29, 0.717) is 18.4 Å². The number of halogens is 2. The van der Waals surface area contributed by atoms with Crippen LogP contribution in [0.25, 0.3) is 21.8 Å². The summed E-state index contributed by atoms with van der Waals surface area (Å²) in [6.07, 6.45) is 0. The van der Waals surface area contributed by atoms with Gasteiger partial charge in [0.25, 0.3) is 0 Å². The molecule has 0 atom stereocenters. The molecule has 0 fully saturated rings. The summed E-state index contributed by atoms with van der Waals surface area (Å²) in [5.41, 5.74) is 11.6. The lowest BCUT2D eigenvalue weighted by atomic mass is 10.1. The minimum absolute atomic E-state index is 0.526. The van der Waals surface area contributed by atoms with Crippen LogP contribution in [0.2, 0.25) is 0 Å². The van der Waals surface area contributed by atoms with Gasteiger partial charge in [0.2, 0.25) is 0 Å². The van der Waals surface area contributed by atoms with E-state index in [1.165, 1.54) is 0 Å². The van der Waals surface area contributed by atoms with E-state index < -0.39 is 0 Å². The Bertz CT molecular complexity index is 1220. The molecule has 0 saturated heterocycles. The van der Waals surface area contributed by atoms with Crippen LogP contribution in [-0.4, -0.2) is 47.9 Å². The van der Waals surface area contributed by atoms with Gasteiger partial charge in [0.05, 0.1) is 11.2 Å². The number of ether oxygens (including phenoxy) is 1. The number of rotatable bonds is 10. The number of benzene rings is 3. The normalized spacial score (nSPS) is 11.4. The fourth-order valence-corrected chi connectivity index (χ4v) is 4.51. The van der Waals surface area contributed by atoms with Gasteiger partial charge in [-0.15, -0.1) is 23.2 Å². The van der Waals surface area contributed by atoms with Gasteiger partial charge >= 0.3 is 0 Å². The van der Waals surface area contributed by atoms with E-state index in [0.717, 1.165) is 69.8 Å². The Balaban J connectivity index is 1.71. The van der Waals surface area contributed by atoms with Crippen molar-refractivity contribution in [3.05, 3.63) is 66.2 Å². The lowest BCUT2D eigenvalue weighted by molar-refractivity contribution is 0.226. The van der Waals surface area contributed by atoms with Crippen molar-refractivity contribution < 1.29 is 4.74 Å². The minimum atomic E-state index is 0.526. The van der Waals surface area contributed by atoms with Crippen LogP contribution in [0.4, 0.5) is 17.1 Å². The smallest absolute Gasteiger partial charge is 0.145 e. The molecule has 0 bridgehead atoms. The number of aromatic nitrogens is 1. The summed E-state index contributed by atoms with van der Waals surface area (Å²) in [6.45, 7) is 4.87. The number of nitrogens with zero attached hydrogens (tertiary/aromatic N) is 2. The molecular weight excluding hydrogens is 455 g/mol. The zero-order chi connectivity index (χ0) is 23.2. The average molecular weight is 483 g/mol. The molecule has 0 saturated carbocycles. The number of pyridine rings is 1. The summed E-state index contributed by atoms with van der Waals surface area (Å²) in [5, 5.41) is 5.62. The van der Waals surface area contributed by atoms with Crippen molar-refractivity contribution in [3.63, 3.8) is 0 Å². The van der Waals surface area contributed by atoms with Gasteiger partial charge in [-0.1, -0.05) is 30.3 Å². The number of aryl methyl sites for hydroxylation is 1. The lowest BCUT2D eigenvalue weighted by Crippen LogP contribution is -2.32. The molecule has 0 radical (unpaired) electrons. The Labute approximate surface area is 204 Å². The van der Waals surface area contributed by atoms with E-state index in [1.807, 2.05) is 49.4 Å². The highest BCUT2D eigenvalue weighted by atomic mass is 35.5. The van der Waals surface area contributed by atoms with E-state index in [4.69, 9.17) is 38.7 Å². The van der Waals surface area contributed by atoms with Gasteiger partial charge in [-0.25, -0.2) is 4.98 Å². The van der Waals surface area contributed by atoms with Crippen LogP contribution in [0.1, 0.15) is 5.56 Å². The summed E-state index contributed by atoms with van der Waals surface area (Å²) in [7, 11) is 0. The molecule has 0 amide bonds. The van der Waals surface area contributed by atoms with Crippen LogP contribution in [0, 0.1) is 6.92 Å². The molecule has 5 nitrogen and oxygen atoms in total. The summed E-state index contributed by atoms with van der Waals surface area (Å²) in [4.78, 5) is 7.14. The zero-order valence-corrected chi connectivity index (χ0v) is 20.2. The van der Waals surface area contributed by atoms with Crippen LogP contribution < -0.4 is 15.8 Å². The van der Waals surface area contributed by atoms with Gasteiger partial charge in [0.15, 0.2) is 0 Å². The standard InChI is InChI=1S/C26H28Cl2N4O/c1-18-15-19(29)17-20(16-18)30-25-21-5-2-3-7-23(21)31-26-22(25)6-4-8-24(26)33-14-13-32(11-9-27)12-10-28/h2-8,15-17H,9-14,29H2,1H3,(H,30,31). The summed E-state index contributed by atoms with van der Waals surface area (Å²) < 4.78 is 6.20. The molecule has 3 aromatic carbocycles. The SMILES string of the molecule is Cc1cc(N)cc(Nc2c3ccccc3nc3c(OCCN(CCCl)CCCl)cccc23)c1. The Kier molecular flexibility index (Phi) is 7.76. The van der Waals surface area contributed by atoms with Gasteiger partial charge in [0, 0.05) is 53.5 Å². The number of nitrogens with two attached hydrogens (primary N) is 1. The molecule has 1 aromatic heterocycles. The predicted molar refractivity (Wildman–Crippen MR) is 141 cm³/mol. The van der Waals surface area contributed by atoms with Gasteiger partial charge in [-0.2, -0.15) is 0 Å². The molecule has 0 unspecified atom stereocenters. The maximum absolute atomic E-state index is 6.20. The molecule has 172 valence electrons. The molecule has 4 rings (SSSR count). The Hall–Kier alpha value is -2.73. The minimum Gasteiger partial charge on any atom is -0.490 e. The number of nitrogens with one attached hydrogen (secondary N) is 1. The fraction of sp³-hybridized carbons (Fsp3) is 0.269. The van der Waals surface area contributed by atoms with E-state index in [1.54, 1.807) is 0 Å². The fourth-order valence-electron chi connectivity index (χ4n) is 4.03. The van der Waals surface area contributed by atoms with Crippen LogP contribution in [0.3, 0.4) is 0 Å². The summed E-state index contributed by atoms with van der Waals surface area (Å²) in [6, 6.07) is 20.1. The Morgan fingerprint density at radius 3 is 2.45 bits per heavy atom. The molecule has 1 heterocycles. The number of anilines is 3. The molecular formula is C26H28Cl2N4O. The zero-order valence-electron chi connectivity index (χ0n) is 18.7. The third-order valence-corrected chi connectivity index (χ3v) is 5.85. The summed E-state index contributed by atoms with van der Waals surface area (Å²) >= 11 is 11.8. The maximum atomic E-state index is 6.20. The lowest BCUT2D eigenvalue weighted by Gasteiger charge is -2.20. The van der Waals surface area contributed by atoms with Crippen LogP contribution in [0.15, 0.2) is 60.7 Å². The first-order chi connectivity index (χ1) is 16.1. The molecule has 0 aliphatic rings. The molecule has 0 aliphatic carbocycles. The highest BCUT2D eigenvalue weighted by Gasteiger charge is 2.14. The molecule has 3 N–H and O–H groups in total. The first kappa shape index (κ1) is 23.4. The van der Waals surface area contributed by atoms with E-state index in [-0.39, 0.29) is 0 Å². The largest absolute Gasteiger partial charge is 0.490 e. The average Bonchev–Trinajstić information content (AvgIpc) is 2.79. The first-order valence-electron chi connectivity index (χ1n) is 11.0. The van der Waals surface area contributed by atoms with Crippen molar-refractivity contribution in [3.8, 4) is 5.75 Å². The molecule has 0 aliphatic heterocycles. The van der Waals surface area contributed by atoms with Gasteiger partial charge in [0.1, 0.15) is 17.9 Å². The van der Waals surface area contributed by atoms with Crippen LogP contribution in [-0.2, 0) is 0 Å². The van der Waals surface area contributed by atoms with Crippen molar-refractivity contribution in [2.75, 3.05) is 49.1 Å². The number of nitrogen functional groups attached to an aromatic ring is 1. The second-order valence-corrected chi connectivity index (χ2v) is 8.74. The second kappa shape index (κ2) is 10.9. The number of fused-ring (bicyclic) bond motifs is 2. The van der Waals surface area contributed by atoms with Gasteiger partial charge in [-0.3, -0.25) is 4.90 Å². The van der Waals surface area contributed by atoms with Crippen molar-refractivity contribution in [1.29, 1.82) is 0 Å². The molecule has 4 aromatic rings. The monoisotopic (exact) mass is 482 g/mol. The highest BCUT2D eigenvalue weighted by Crippen LogP contribution is 2.37. The number of para-hydroxylation sites is 2. The van der Waals surface area contributed by atoms with E-state index >= 15 is 0 Å². The maximum Gasteiger partial charge on any atom is 0.145 e. The van der Waals surface area contributed by atoms with Gasteiger partial charge < -0.3 is 15.8 Å². The Morgan fingerprint density at radius 2 is 1.70 bits per heavy atom. The number of alkyl halides is 2. The van der Waals surface area contributed by atoms with Crippen LogP contribution in [0.5, 0.6) is 5.75 Å². The first-order valence-corrected chi connectivity index (χ1v) is 12.1. The predicted octanol–water partition coefficient (Wildman–Crippen LogP) is 6.18. The second-order valence-electron chi connectivity index (χ2n) is 7.98. The molecule has 7 heteroatoms. The van der Waals surface area contributed by atoms with Crippen molar-refractivity contribution in [1.82, 2.24) is 9.88 Å². The van der Waals surface area contributed by atoms with Crippen molar-refractivity contribution in [2.45, 2.75) is 6.92 Å². The van der Waals surface area contributed by atoms with E-state index in [2.05, 4.69) is 28.4 Å². The third kappa shape index (κ3) is 5.61. The molecule has 33 heavy (non-hydrogen) atoms. The summed E-state index contributed by atoms with van der Waals surface area (Å²) in [5.74, 6) is 1.88. The van der Waals surface area contributed by atoms with Gasteiger partial charge in [-0.05, 0) is 42.8 Å². The van der Waals surface area contributed by atoms with Crippen molar-refractivity contribution in [2.24, 2.45) is 0 Å². The third-order valence-electron chi connectivity index (χ3n) is 5.51. The molecule has 0 spiro atoms. The highest BCUT2D eigenvalue weighted by molar-refractivity contribution is 6.18.